The number of nitrogens with two attached hydrogens (primary N) is 1. The SMILES string of the molecule is CC(C)CC(CN)CN1CCSCC1S(C)(=O)=O. The highest BCUT2D eigenvalue weighted by molar-refractivity contribution is 8.00. The summed E-state index contributed by atoms with van der Waals surface area (Å²) in [4.78, 5) is 2.12. The van der Waals surface area contributed by atoms with E-state index in [1.165, 1.54) is 6.26 Å². The molecule has 2 unspecified atom stereocenters. The van der Waals surface area contributed by atoms with Crippen molar-refractivity contribution < 1.29 is 8.42 Å². The molecule has 1 heterocycles. The molecule has 1 saturated heterocycles. The zero-order chi connectivity index (χ0) is 13.8. The van der Waals surface area contributed by atoms with Gasteiger partial charge in [-0.3, -0.25) is 4.90 Å². The van der Waals surface area contributed by atoms with Crippen LogP contribution in [0.3, 0.4) is 0 Å². The van der Waals surface area contributed by atoms with Gasteiger partial charge in [0.25, 0.3) is 0 Å². The number of rotatable bonds is 6. The maximum atomic E-state index is 11.8. The van der Waals surface area contributed by atoms with Crippen LogP contribution in [0.4, 0.5) is 0 Å². The van der Waals surface area contributed by atoms with Gasteiger partial charge >= 0.3 is 0 Å². The zero-order valence-corrected chi connectivity index (χ0v) is 13.3. The van der Waals surface area contributed by atoms with E-state index in [4.69, 9.17) is 5.73 Å². The fourth-order valence-electron chi connectivity index (χ4n) is 2.46. The van der Waals surface area contributed by atoms with Crippen LogP contribution >= 0.6 is 11.8 Å². The zero-order valence-electron chi connectivity index (χ0n) is 11.6. The normalized spacial score (nSPS) is 24.4. The van der Waals surface area contributed by atoms with Gasteiger partial charge in [-0.2, -0.15) is 11.8 Å². The van der Waals surface area contributed by atoms with Crippen molar-refractivity contribution in [2.45, 2.75) is 25.6 Å². The predicted molar refractivity (Wildman–Crippen MR) is 79.5 cm³/mol. The van der Waals surface area contributed by atoms with Crippen molar-refractivity contribution in [3.05, 3.63) is 0 Å². The van der Waals surface area contributed by atoms with E-state index in [1.54, 1.807) is 11.8 Å². The van der Waals surface area contributed by atoms with Gasteiger partial charge < -0.3 is 5.73 Å². The third-order valence-electron chi connectivity index (χ3n) is 3.32. The quantitative estimate of drug-likeness (QED) is 0.792. The average Bonchev–Trinajstić information content (AvgIpc) is 2.26. The summed E-state index contributed by atoms with van der Waals surface area (Å²) in [6.07, 6.45) is 2.41. The Morgan fingerprint density at radius 3 is 2.61 bits per heavy atom. The first-order valence-corrected chi connectivity index (χ1v) is 9.66. The van der Waals surface area contributed by atoms with E-state index in [2.05, 4.69) is 18.7 Å². The Bertz CT molecular complexity index is 344. The van der Waals surface area contributed by atoms with E-state index in [0.717, 1.165) is 25.3 Å². The molecule has 2 atom stereocenters. The van der Waals surface area contributed by atoms with Gasteiger partial charge in [0.2, 0.25) is 0 Å². The molecule has 0 saturated carbocycles. The molecule has 0 aromatic rings. The van der Waals surface area contributed by atoms with E-state index in [9.17, 15) is 8.42 Å². The van der Waals surface area contributed by atoms with Crippen LogP contribution < -0.4 is 5.73 Å². The third kappa shape index (κ3) is 5.07. The first kappa shape index (κ1) is 16.3. The Morgan fingerprint density at radius 2 is 2.11 bits per heavy atom. The molecular formula is C12H26N2O2S2. The van der Waals surface area contributed by atoms with Crippen LogP contribution in [0.1, 0.15) is 20.3 Å². The third-order valence-corrected chi connectivity index (χ3v) is 6.00. The second kappa shape index (κ2) is 7.12. The summed E-state index contributed by atoms with van der Waals surface area (Å²) in [6.45, 7) is 6.67. The lowest BCUT2D eigenvalue weighted by Gasteiger charge is -2.36. The molecule has 2 N–H and O–H groups in total. The van der Waals surface area contributed by atoms with Gasteiger partial charge in [-0.25, -0.2) is 8.42 Å². The molecule has 0 aromatic carbocycles. The topological polar surface area (TPSA) is 63.4 Å². The van der Waals surface area contributed by atoms with Crippen molar-refractivity contribution in [1.82, 2.24) is 4.90 Å². The Labute approximate surface area is 116 Å². The molecule has 1 aliphatic heterocycles. The summed E-state index contributed by atoms with van der Waals surface area (Å²) < 4.78 is 23.6. The van der Waals surface area contributed by atoms with Gasteiger partial charge in [0.1, 0.15) is 5.37 Å². The van der Waals surface area contributed by atoms with Crippen LogP contribution in [0.2, 0.25) is 0 Å². The van der Waals surface area contributed by atoms with Crippen molar-refractivity contribution in [3.8, 4) is 0 Å². The van der Waals surface area contributed by atoms with E-state index in [1.807, 2.05) is 0 Å². The van der Waals surface area contributed by atoms with Gasteiger partial charge in [-0.1, -0.05) is 13.8 Å². The van der Waals surface area contributed by atoms with E-state index in [0.29, 0.717) is 24.1 Å². The average molecular weight is 294 g/mol. The predicted octanol–water partition coefficient (Wildman–Crippen LogP) is 1.03. The van der Waals surface area contributed by atoms with E-state index >= 15 is 0 Å². The molecule has 1 fully saturated rings. The van der Waals surface area contributed by atoms with Crippen molar-refractivity contribution in [2.24, 2.45) is 17.6 Å². The molecule has 0 bridgehead atoms. The summed E-state index contributed by atoms with van der Waals surface area (Å²) in [7, 11) is -2.99. The second-order valence-corrected chi connectivity index (χ2v) is 8.94. The number of hydrogen-bond acceptors (Lipinski definition) is 5. The molecule has 4 nitrogen and oxygen atoms in total. The lowest BCUT2D eigenvalue weighted by atomic mass is 9.96. The van der Waals surface area contributed by atoms with Crippen LogP contribution in [0.25, 0.3) is 0 Å². The van der Waals surface area contributed by atoms with Crippen LogP contribution in [-0.2, 0) is 9.84 Å². The molecular weight excluding hydrogens is 268 g/mol. The summed E-state index contributed by atoms with van der Waals surface area (Å²) in [5, 5.41) is -0.322. The lowest BCUT2D eigenvalue weighted by molar-refractivity contribution is 0.214. The maximum Gasteiger partial charge on any atom is 0.164 e. The minimum absolute atomic E-state index is 0.322. The van der Waals surface area contributed by atoms with Crippen molar-refractivity contribution in [2.75, 3.05) is 37.4 Å². The smallest absolute Gasteiger partial charge is 0.164 e. The van der Waals surface area contributed by atoms with Crippen molar-refractivity contribution >= 4 is 21.6 Å². The van der Waals surface area contributed by atoms with E-state index < -0.39 is 9.84 Å². The second-order valence-electron chi connectivity index (χ2n) is 5.59. The van der Waals surface area contributed by atoms with Gasteiger partial charge in [0.05, 0.1) is 0 Å². The first-order chi connectivity index (χ1) is 8.34. The van der Waals surface area contributed by atoms with Gasteiger partial charge in [-0.15, -0.1) is 0 Å². The summed E-state index contributed by atoms with van der Waals surface area (Å²) in [6, 6.07) is 0. The molecule has 0 aromatic heterocycles. The van der Waals surface area contributed by atoms with Crippen molar-refractivity contribution in [3.63, 3.8) is 0 Å². The molecule has 18 heavy (non-hydrogen) atoms. The Kier molecular flexibility index (Phi) is 6.44. The largest absolute Gasteiger partial charge is 0.330 e. The fourth-order valence-corrected chi connectivity index (χ4v) is 5.42. The minimum atomic E-state index is -2.99. The molecule has 1 rings (SSSR count). The Balaban J connectivity index is 2.66. The monoisotopic (exact) mass is 294 g/mol. The highest BCUT2D eigenvalue weighted by Gasteiger charge is 2.32. The van der Waals surface area contributed by atoms with Crippen LogP contribution in [0.15, 0.2) is 0 Å². The molecule has 6 heteroatoms. The molecule has 0 amide bonds. The van der Waals surface area contributed by atoms with Gasteiger partial charge in [0.15, 0.2) is 9.84 Å². The Morgan fingerprint density at radius 1 is 1.44 bits per heavy atom. The molecule has 0 radical (unpaired) electrons. The van der Waals surface area contributed by atoms with Crippen LogP contribution in [0, 0.1) is 11.8 Å². The highest BCUT2D eigenvalue weighted by atomic mass is 32.2. The lowest BCUT2D eigenvalue weighted by Crippen LogP contribution is -2.49. The molecule has 1 aliphatic rings. The number of thioether (sulfide) groups is 1. The Hall–Kier alpha value is 0.220. The van der Waals surface area contributed by atoms with Crippen molar-refractivity contribution in [1.29, 1.82) is 0 Å². The van der Waals surface area contributed by atoms with Crippen LogP contribution in [0.5, 0.6) is 0 Å². The fraction of sp³-hybridized carbons (Fsp3) is 1.00. The number of hydrogen-bond donors (Lipinski definition) is 1. The summed E-state index contributed by atoms with van der Waals surface area (Å²) >= 11 is 1.73. The van der Waals surface area contributed by atoms with Crippen LogP contribution in [-0.4, -0.2) is 56.1 Å². The summed E-state index contributed by atoms with van der Waals surface area (Å²) in [5.74, 6) is 2.72. The molecule has 0 spiro atoms. The maximum absolute atomic E-state index is 11.8. The molecule has 108 valence electrons. The minimum Gasteiger partial charge on any atom is -0.330 e. The first-order valence-electron chi connectivity index (χ1n) is 6.55. The van der Waals surface area contributed by atoms with Gasteiger partial charge in [0, 0.05) is 30.9 Å². The number of sulfone groups is 1. The molecule has 0 aliphatic carbocycles. The standard InChI is InChI=1S/C12H26N2O2S2/c1-10(2)6-11(7-13)8-14-4-5-17-9-12(14)18(3,15)16/h10-12H,4-9,13H2,1-3H3. The highest BCUT2D eigenvalue weighted by Crippen LogP contribution is 2.22. The number of nitrogens with zero attached hydrogens (tertiary/aromatic N) is 1. The summed E-state index contributed by atoms with van der Waals surface area (Å²) in [5.41, 5.74) is 5.81. The van der Waals surface area contributed by atoms with Gasteiger partial charge in [-0.05, 0) is 24.8 Å². The van der Waals surface area contributed by atoms with E-state index in [-0.39, 0.29) is 5.37 Å².